The molecule has 5 nitrogen and oxygen atoms in total. The van der Waals surface area contributed by atoms with Gasteiger partial charge in [-0.2, -0.15) is 0 Å². The van der Waals surface area contributed by atoms with E-state index in [9.17, 15) is 14.9 Å². The molecule has 0 unspecified atom stereocenters. The highest BCUT2D eigenvalue weighted by molar-refractivity contribution is 14.1. The van der Waals surface area contributed by atoms with Gasteiger partial charge in [0.15, 0.2) is 0 Å². The van der Waals surface area contributed by atoms with Crippen molar-refractivity contribution < 1.29 is 9.72 Å². The molecule has 6 heteroatoms. The second-order valence-electron chi connectivity index (χ2n) is 5.12. The maximum absolute atomic E-state index is 12.6. The molecule has 0 spiro atoms. The summed E-state index contributed by atoms with van der Waals surface area (Å²) in [6, 6.07) is 4.42. The van der Waals surface area contributed by atoms with E-state index in [2.05, 4.69) is 0 Å². The zero-order valence-electron chi connectivity index (χ0n) is 11.3. The molecular weight excluding hydrogens is 371 g/mol. The predicted octanol–water partition coefficient (Wildman–Crippen LogP) is 3.46. The molecule has 1 aromatic carbocycles. The van der Waals surface area contributed by atoms with E-state index in [0.717, 1.165) is 19.5 Å². The summed E-state index contributed by atoms with van der Waals surface area (Å²) in [6.45, 7) is 3.59. The molecule has 108 valence electrons. The second kappa shape index (κ2) is 6.51. The highest BCUT2D eigenvalue weighted by Gasteiger charge is 2.27. The van der Waals surface area contributed by atoms with Crippen molar-refractivity contribution in [2.45, 2.75) is 26.2 Å². The Balaban J connectivity index is 2.19. The van der Waals surface area contributed by atoms with Crippen molar-refractivity contribution in [3.63, 3.8) is 0 Å². The van der Waals surface area contributed by atoms with Gasteiger partial charge in [0.1, 0.15) is 0 Å². The van der Waals surface area contributed by atoms with Crippen LogP contribution in [0, 0.1) is 19.6 Å². The summed E-state index contributed by atoms with van der Waals surface area (Å²) in [5, 5.41) is 10.7. The molecule has 0 N–H and O–H groups in total. The Morgan fingerprint density at radius 1 is 1.50 bits per heavy atom. The second-order valence-corrected chi connectivity index (χ2v) is 6.28. The van der Waals surface area contributed by atoms with Crippen molar-refractivity contribution in [2.75, 3.05) is 13.1 Å². The monoisotopic (exact) mass is 388 g/mol. The van der Waals surface area contributed by atoms with Gasteiger partial charge < -0.3 is 4.90 Å². The van der Waals surface area contributed by atoms with E-state index in [4.69, 9.17) is 0 Å². The van der Waals surface area contributed by atoms with Crippen LogP contribution in [0.1, 0.15) is 36.5 Å². The Labute approximate surface area is 131 Å². The van der Waals surface area contributed by atoms with Gasteiger partial charge in [-0.15, -0.1) is 0 Å². The first-order valence-corrected chi connectivity index (χ1v) is 7.84. The van der Waals surface area contributed by atoms with Crippen molar-refractivity contribution in [1.29, 1.82) is 0 Å². The summed E-state index contributed by atoms with van der Waals surface area (Å²) in [5.41, 5.74) is 0.584. The Kier molecular flexibility index (Phi) is 4.95. The number of hydrogen-bond donors (Lipinski definition) is 0. The van der Waals surface area contributed by atoms with Gasteiger partial charge in [-0.1, -0.05) is 6.92 Å². The molecule has 0 heterocycles. The summed E-state index contributed by atoms with van der Waals surface area (Å²) in [6.07, 6.45) is 3.32. The first-order valence-electron chi connectivity index (χ1n) is 6.76. The maximum atomic E-state index is 12.6. The van der Waals surface area contributed by atoms with Gasteiger partial charge in [-0.3, -0.25) is 14.9 Å². The minimum atomic E-state index is -0.440. The molecule has 0 radical (unpaired) electrons. The smallest absolute Gasteiger partial charge is 0.270 e. The lowest BCUT2D eigenvalue weighted by Crippen LogP contribution is -2.34. The maximum Gasteiger partial charge on any atom is 0.270 e. The van der Waals surface area contributed by atoms with Crippen LogP contribution in [0.4, 0.5) is 5.69 Å². The van der Waals surface area contributed by atoms with Crippen molar-refractivity contribution in [1.82, 2.24) is 4.90 Å². The Morgan fingerprint density at radius 3 is 2.70 bits per heavy atom. The normalized spacial score (nSPS) is 14.1. The third-order valence-corrected chi connectivity index (χ3v) is 4.24. The number of non-ortho nitro benzene ring substituents is 1. The lowest BCUT2D eigenvalue weighted by atomic mass is 10.1. The van der Waals surface area contributed by atoms with Crippen LogP contribution < -0.4 is 0 Å². The fourth-order valence-electron chi connectivity index (χ4n) is 2.12. The number of hydrogen-bond acceptors (Lipinski definition) is 3. The summed E-state index contributed by atoms with van der Waals surface area (Å²) in [7, 11) is 0. The van der Waals surface area contributed by atoms with Crippen molar-refractivity contribution in [3.8, 4) is 0 Å². The zero-order valence-corrected chi connectivity index (χ0v) is 13.5. The average molecular weight is 388 g/mol. The van der Waals surface area contributed by atoms with Crippen LogP contribution in [-0.4, -0.2) is 28.8 Å². The fourth-order valence-corrected chi connectivity index (χ4v) is 2.85. The molecule has 0 bridgehead atoms. The first-order chi connectivity index (χ1) is 9.52. The van der Waals surface area contributed by atoms with E-state index in [-0.39, 0.29) is 11.6 Å². The Morgan fingerprint density at radius 2 is 2.20 bits per heavy atom. The number of halogens is 1. The fraction of sp³-hybridized carbons (Fsp3) is 0.500. The largest absolute Gasteiger partial charge is 0.338 e. The minimum Gasteiger partial charge on any atom is -0.338 e. The number of benzene rings is 1. The lowest BCUT2D eigenvalue weighted by molar-refractivity contribution is -0.384. The number of amides is 1. The van der Waals surface area contributed by atoms with Crippen molar-refractivity contribution >= 4 is 34.2 Å². The van der Waals surface area contributed by atoms with Gasteiger partial charge in [0.05, 0.1) is 10.5 Å². The molecule has 1 aromatic rings. The predicted molar refractivity (Wildman–Crippen MR) is 84.7 cm³/mol. The van der Waals surface area contributed by atoms with E-state index in [0.29, 0.717) is 15.1 Å². The van der Waals surface area contributed by atoms with E-state index in [1.807, 2.05) is 34.4 Å². The van der Waals surface area contributed by atoms with E-state index in [1.165, 1.54) is 25.0 Å². The standard InChI is InChI=1S/C14H17IN2O3/c1-2-7-16(9-10-3-4-10)14(18)12-6-5-11(17(19)20)8-13(12)15/h5-6,8,10H,2-4,7,9H2,1H3. The van der Waals surface area contributed by atoms with Gasteiger partial charge in [-0.05, 0) is 53.8 Å². The van der Waals surface area contributed by atoms with Crippen LogP contribution in [0.25, 0.3) is 0 Å². The molecule has 0 atom stereocenters. The highest BCUT2D eigenvalue weighted by Crippen LogP contribution is 2.30. The summed E-state index contributed by atoms with van der Waals surface area (Å²) < 4.78 is 0.638. The van der Waals surface area contributed by atoms with E-state index >= 15 is 0 Å². The number of carbonyl (C=O) groups excluding carboxylic acids is 1. The van der Waals surface area contributed by atoms with Crippen LogP contribution in [0.3, 0.4) is 0 Å². The van der Waals surface area contributed by atoms with Crippen LogP contribution in [-0.2, 0) is 0 Å². The minimum absolute atomic E-state index is 0.0157. The summed E-state index contributed by atoms with van der Waals surface area (Å²) in [5.74, 6) is 0.624. The first kappa shape index (κ1) is 15.2. The molecule has 1 saturated carbocycles. The molecule has 1 fully saturated rings. The number of carbonyl (C=O) groups is 1. The van der Waals surface area contributed by atoms with Gasteiger partial charge in [-0.25, -0.2) is 0 Å². The molecule has 20 heavy (non-hydrogen) atoms. The SMILES string of the molecule is CCCN(CC1CC1)C(=O)c1ccc([N+](=O)[O-])cc1I. The molecule has 1 aliphatic carbocycles. The van der Waals surface area contributed by atoms with Crippen molar-refractivity contribution in [2.24, 2.45) is 5.92 Å². The summed E-state index contributed by atoms with van der Waals surface area (Å²) >= 11 is 1.99. The average Bonchev–Trinajstić information content (AvgIpc) is 3.21. The molecular formula is C14H17IN2O3. The Bertz CT molecular complexity index is 529. The van der Waals surface area contributed by atoms with Gasteiger partial charge in [0.2, 0.25) is 0 Å². The molecule has 0 aromatic heterocycles. The quantitative estimate of drug-likeness (QED) is 0.426. The van der Waals surface area contributed by atoms with E-state index in [1.54, 1.807) is 6.07 Å². The molecule has 0 aliphatic heterocycles. The number of nitro benzene ring substituents is 1. The van der Waals surface area contributed by atoms with Gasteiger partial charge in [0, 0.05) is 28.8 Å². The highest BCUT2D eigenvalue weighted by atomic mass is 127. The molecule has 0 saturated heterocycles. The van der Waals surface area contributed by atoms with Crippen LogP contribution in [0.15, 0.2) is 18.2 Å². The third-order valence-electron chi connectivity index (χ3n) is 3.35. The van der Waals surface area contributed by atoms with Crippen LogP contribution in [0.2, 0.25) is 0 Å². The van der Waals surface area contributed by atoms with Crippen LogP contribution in [0.5, 0.6) is 0 Å². The molecule has 1 amide bonds. The third kappa shape index (κ3) is 3.68. The number of nitrogens with zero attached hydrogens (tertiary/aromatic N) is 2. The summed E-state index contributed by atoms with van der Waals surface area (Å²) in [4.78, 5) is 24.7. The Hall–Kier alpha value is -1.18. The van der Waals surface area contributed by atoms with Crippen LogP contribution >= 0.6 is 22.6 Å². The topological polar surface area (TPSA) is 63.5 Å². The number of rotatable bonds is 6. The molecule has 2 rings (SSSR count). The van der Waals surface area contributed by atoms with Crippen molar-refractivity contribution in [3.05, 3.63) is 37.4 Å². The number of nitro groups is 1. The lowest BCUT2D eigenvalue weighted by Gasteiger charge is -2.22. The molecule has 1 aliphatic rings. The van der Waals surface area contributed by atoms with E-state index < -0.39 is 4.92 Å². The zero-order chi connectivity index (χ0) is 14.7. The van der Waals surface area contributed by atoms with Gasteiger partial charge >= 0.3 is 0 Å². The van der Waals surface area contributed by atoms with Gasteiger partial charge in [0.25, 0.3) is 11.6 Å².